The third-order valence-corrected chi connectivity index (χ3v) is 3.34. The first-order valence-corrected chi connectivity index (χ1v) is 7.50. The van der Waals surface area contributed by atoms with Crippen molar-refractivity contribution in [2.75, 3.05) is 0 Å². The van der Waals surface area contributed by atoms with E-state index in [1.54, 1.807) is 44.2 Å². The van der Waals surface area contributed by atoms with Crippen LogP contribution in [0.5, 0.6) is 0 Å². The molecule has 0 amide bonds. The van der Waals surface area contributed by atoms with Crippen LogP contribution in [-0.2, 0) is 10.9 Å². The topological polar surface area (TPSA) is 56.5 Å². The minimum atomic E-state index is -4.66. The van der Waals surface area contributed by atoms with Crippen LogP contribution < -0.4 is 0 Å². The highest BCUT2D eigenvalue weighted by Crippen LogP contribution is 2.32. The van der Waals surface area contributed by atoms with Gasteiger partial charge >= 0.3 is 12.1 Å². The summed E-state index contributed by atoms with van der Waals surface area (Å²) < 4.78 is 45.9. The van der Waals surface area contributed by atoms with Crippen molar-refractivity contribution >= 4 is 11.6 Å². The molecule has 1 aromatic carbocycles. The Labute approximate surface area is 141 Å². The van der Waals surface area contributed by atoms with Crippen LogP contribution >= 0.6 is 0 Å². The van der Waals surface area contributed by atoms with Crippen LogP contribution in [0.15, 0.2) is 42.5 Å². The first-order valence-electron chi connectivity index (χ1n) is 7.50. The summed E-state index contributed by atoms with van der Waals surface area (Å²) in [6.45, 7) is 3.28. The molecule has 0 atom stereocenters. The van der Waals surface area contributed by atoms with Gasteiger partial charge in [0.15, 0.2) is 17.0 Å². The summed E-state index contributed by atoms with van der Waals surface area (Å²) in [5.41, 5.74) is -0.645. The van der Waals surface area contributed by atoms with Crippen LogP contribution in [0.25, 0.3) is 16.9 Å². The normalized spacial score (nSPS) is 11.9. The van der Waals surface area contributed by atoms with Crippen molar-refractivity contribution in [3.05, 3.63) is 53.9 Å². The van der Waals surface area contributed by atoms with Gasteiger partial charge in [0.25, 0.3) is 0 Å². The Balaban J connectivity index is 2.18. The summed E-state index contributed by atoms with van der Waals surface area (Å²) in [4.78, 5) is 16.1. The lowest BCUT2D eigenvalue weighted by atomic mass is 10.1. The van der Waals surface area contributed by atoms with Crippen LogP contribution in [0, 0.1) is 0 Å². The Kier molecular flexibility index (Phi) is 4.20. The highest BCUT2D eigenvalue weighted by Gasteiger charge is 2.35. The number of hydrogen-bond donors (Lipinski definition) is 0. The van der Waals surface area contributed by atoms with Gasteiger partial charge in [0.05, 0.1) is 11.8 Å². The van der Waals surface area contributed by atoms with Crippen molar-refractivity contribution in [2.45, 2.75) is 26.1 Å². The van der Waals surface area contributed by atoms with Crippen LogP contribution in [0.2, 0.25) is 0 Å². The summed E-state index contributed by atoms with van der Waals surface area (Å²) in [5.74, 6) is -0.796. The van der Waals surface area contributed by atoms with Gasteiger partial charge in [0, 0.05) is 11.6 Å². The number of esters is 1. The summed E-state index contributed by atoms with van der Waals surface area (Å²) in [7, 11) is 0. The van der Waals surface area contributed by atoms with E-state index in [0.717, 1.165) is 6.07 Å². The van der Waals surface area contributed by atoms with Gasteiger partial charge in [0.1, 0.15) is 0 Å². The number of carbonyl (C=O) groups is 1. The zero-order chi connectivity index (χ0) is 18.2. The van der Waals surface area contributed by atoms with Gasteiger partial charge in [-0.2, -0.15) is 18.3 Å². The second kappa shape index (κ2) is 6.19. The van der Waals surface area contributed by atoms with E-state index < -0.39 is 23.9 Å². The molecule has 0 bridgehead atoms. The molecule has 2 heterocycles. The van der Waals surface area contributed by atoms with Gasteiger partial charge in [-0.1, -0.05) is 30.3 Å². The molecule has 0 radical (unpaired) electrons. The number of hydrogen-bond acceptors (Lipinski definition) is 4. The third kappa shape index (κ3) is 3.47. The molecule has 3 aromatic rings. The molecular weight excluding hydrogens is 335 g/mol. The Morgan fingerprint density at radius 2 is 1.84 bits per heavy atom. The molecule has 25 heavy (non-hydrogen) atoms. The zero-order valence-electron chi connectivity index (χ0n) is 13.4. The van der Waals surface area contributed by atoms with Crippen molar-refractivity contribution in [2.24, 2.45) is 0 Å². The Morgan fingerprint density at radius 3 is 2.44 bits per heavy atom. The number of fused-ring (bicyclic) bond motifs is 1. The van der Waals surface area contributed by atoms with E-state index in [9.17, 15) is 18.0 Å². The second-order valence-corrected chi connectivity index (χ2v) is 5.64. The number of aromatic nitrogens is 3. The van der Waals surface area contributed by atoms with Crippen LogP contribution in [-0.4, -0.2) is 26.7 Å². The van der Waals surface area contributed by atoms with Gasteiger partial charge < -0.3 is 4.74 Å². The molecule has 3 rings (SSSR count). The molecule has 0 saturated carbocycles. The molecular formula is C17H14F3N3O2. The quantitative estimate of drug-likeness (QED) is 0.671. The molecule has 0 aliphatic carbocycles. The molecule has 0 aliphatic rings. The largest absolute Gasteiger partial charge is 0.458 e. The maximum absolute atomic E-state index is 13.4. The van der Waals surface area contributed by atoms with Gasteiger partial charge in [-0.25, -0.2) is 14.3 Å². The summed E-state index contributed by atoms with van der Waals surface area (Å²) >= 11 is 0. The first kappa shape index (κ1) is 16.9. The van der Waals surface area contributed by atoms with E-state index in [4.69, 9.17) is 4.74 Å². The molecule has 5 nitrogen and oxygen atoms in total. The van der Waals surface area contributed by atoms with Crippen molar-refractivity contribution in [1.82, 2.24) is 14.6 Å². The van der Waals surface area contributed by atoms with Crippen LogP contribution in [0.3, 0.4) is 0 Å². The molecule has 2 aromatic heterocycles. The maximum atomic E-state index is 13.4. The van der Waals surface area contributed by atoms with Crippen molar-refractivity contribution in [1.29, 1.82) is 0 Å². The Bertz CT molecular complexity index is 918. The SMILES string of the molecule is CC(C)OC(=O)c1cc2nc(-c3ccccc3)cc(C(F)(F)F)n2n1. The molecule has 130 valence electrons. The van der Waals surface area contributed by atoms with Gasteiger partial charge in [0.2, 0.25) is 0 Å². The Hall–Kier alpha value is -2.90. The number of rotatable bonds is 3. The lowest BCUT2D eigenvalue weighted by Crippen LogP contribution is -2.15. The van der Waals surface area contributed by atoms with E-state index >= 15 is 0 Å². The molecule has 8 heteroatoms. The molecule has 0 N–H and O–H groups in total. The van der Waals surface area contributed by atoms with E-state index in [-0.39, 0.29) is 17.0 Å². The molecule has 0 aliphatic heterocycles. The predicted octanol–water partition coefficient (Wildman–Crippen LogP) is 3.98. The molecule has 0 spiro atoms. The highest BCUT2D eigenvalue weighted by atomic mass is 19.4. The number of halogens is 3. The summed E-state index contributed by atoms with van der Waals surface area (Å²) in [6.07, 6.45) is -5.07. The average molecular weight is 349 g/mol. The maximum Gasteiger partial charge on any atom is 0.433 e. The standard InChI is InChI=1S/C17H14F3N3O2/c1-10(2)25-16(24)13-9-15-21-12(11-6-4-3-5-7-11)8-14(17(18,19)20)23(15)22-13/h3-10H,1-2H3. The average Bonchev–Trinajstić information content (AvgIpc) is 2.97. The van der Waals surface area contributed by atoms with E-state index in [1.807, 2.05) is 0 Å². The second-order valence-electron chi connectivity index (χ2n) is 5.64. The zero-order valence-corrected chi connectivity index (χ0v) is 13.4. The molecule has 0 unspecified atom stereocenters. The summed E-state index contributed by atoms with van der Waals surface area (Å²) in [5, 5.41) is 3.73. The van der Waals surface area contributed by atoms with Gasteiger partial charge in [-0.3, -0.25) is 0 Å². The fourth-order valence-electron chi connectivity index (χ4n) is 2.31. The fourth-order valence-corrected chi connectivity index (χ4v) is 2.31. The minimum Gasteiger partial charge on any atom is -0.458 e. The highest BCUT2D eigenvalue weighted by molar-refractivity contribution is 5.88. The number of ether oxygens (including phenoxy) is 1. The molecule has 0 fully saturated rings. The van der Waals surface area contributed by atoms with E-state index in [2.05, 4.69) is 10.1 Å². The van der Waals surface area contributed by atoms with Crippen molar-refractivity contribution in [3.63, 3.8) is 0 Å². The minimum absolute atomic E-state index is 0.0793. The predicted molar refractivity (Wildman–Crippen MR) is 84.0 cm³/mol. The van der Waals surface area contributed by atoms with E-state index in [1.165, 1.54) is 6.07 Å². The monoisotopic (exact) mass is 349 g/mol. The van der Waals surface area contributed by atoms with Crippen molar-refractivity contribution < 1.29 is 22.7 Å². The molecule has 0 saturated heterocycles. The van der Waals surface area contributed by atoms with E-state index in [0.29, 0.717) is 10.1 Å². The fraction of sp³-hybridized carbons (Fsp3) is 0.235. The lowest BCUT2D eigenvalue weighted by Gasteiger charge is -2.11. The first-order chi connectivity index (χ1) is 11.8. The van der Waals surface area contributed by atoms with Crippen LogP contribution in [0.1, 0.15) is 30.0 Å². The number of carbonyl (C=O) groups excluding carboxylic acids is 1. The van der Waals surface area contributed by atoms with Gasteiger partial charge in [-0.15, -0.1) is 0 Å². The number of alkyl halides is 3. The van der Waals surface area contributed by atoms with Crippen LogP contribution in [0.4, 0.5) is 13.2 Å². The number of nitrogens with zero attached hydrogens (tertiary/aromatic N) is 3. The Morgan fingerprint density at radius 1 is 1.16 bits per heavy atom. The lowest BCUT2D eigenvalue weighted by molar-refractivity contribution is -0.142. The summed E-state index contributed by atoms with van der Waals surface area (Å²) in [6, 6.07) is 10.6. The van der Waals surface area contributed by atoms with Crippen molar-refractivity contribution in [3.8, 4) is 11.3 Å². The smallest absolute Gasteiger partial charge is 0.433 e. The van der Waals surface area contributed by atoms with Gasteiger partial charge in [-0.05, 0) is 19.9 Å². The number of benzene rings is 1. The third-order valence-electron chi connectivity index (χ3n) is 3.34.